The van der Waals surface area contributed by atoms with Crippen LogP contribution in [0.5, 0.6) is 0 Å². The molecule has 6 N–H and O–H groups in total. The van der Waals surface area contributed by atoms with E-state index >= 15 is 0 Å². The average Bonchev–Trinajstić information content (AvgIpc) is 3.46. The highest BCUT2D eigenvalue weighted by Crippen LogP contribution is 2.01. The Bertz CT molecular complexity index is 738. The fraction of sp³-hybridized carbons (Fsp3) is 0.250. The third-order valence-electron chi connectivity index (χ3n) is 2.60. The summed E-state index contributed by atoms with van der Waals surface area (Å²) in [5.74, 6) is 5.01. The van der Waals surface area contributed by atoms with Crippen LogP contribution in [0.1, 0.15) is 83.3 Å². The molecule has 0 radical (unpaired) electrons. The lowest BCUT2D eigenvalue weighted by molar-refractivity contribution is 0.895. The fourth-order valence-corrected chi connectivity index (χ4v) is 1.53. The Kier molecular flexibility index (Phi) is 2.73. The van der Waals surface area contributed by atoms with Gasteiger partial charge < -0.3 is 11.2 Å². The van der Waals surface area contributed by atoms with Gasteiger partial charge in [0.2, 0.25) is 0 Å². The summed E-state index contributed by atoms with van der Waals surface area (Å²) >= 11 is 0. The van der Waals surface area contributed by atoms with Crippen molar-refractivity contribution in [3.05, 3.63) is 59.2 Å². The van der Waals surface area contributed by atoms with Gasteiger partial charge in [0.1, 0.15) is 17.5 Å². The van der Waals surface area contributed by atoms with Crippen molar-refractivity contribution in [2.24, 2.45) is 16.7 Å². The van der Waals surface area contributed by atoms with Crippen molar-refractivity contribution >= 4 is 5.84 Å². The normalized spacial score (nSPS) is 16.2. The largest absolute Gasteiger partial charge is 0.380 e. The van der Waals surface area contributed by atoms with E-state index in [2.05, 4.69) is 31.8 Å². The summed E-state index contributed by atoms with van der Waals surface area (Å²) in [6.07, 6.45) is 3.31. The van der Waals surface area contributed by atoms with Crippen molar-refractivity contribution in [2.75, 3.05) is 14.1 Å². The molecule has 0 aliphatic carbocycles. The lowest BCUT2D eigenvalue weighted by atomic mass is 10.2. The molecule has 0 saturated heterocycles. The van der Waals surface area contributed by atoms with Gasteiger partial charge in [-0.1, -0.05) is 12.1 Å². The molecule has 2 aromatic heterocycles. The number of hydrogen-bond acceptors (Lipinski definition) is 7. The summed E-state index contributed by atoms with van der Waals surface area (Å²) in [5, 5.41) is 12.2. The highest BCUT2D eigenvalue weighted by Gasteiger charge is 2.01. The summed E-state index contributed by atoms with van der Waals surface area (Å²) in [6, 6.07) is 9.48. The molecule has 0 aliphatic heterocycles. The standard InChI is InChI=1S/C8H12N4.C7H6N2.CH6N2.21H2/c1-6-4-3-5-11-7(6)8(9)12-10-2;1-6-3-2-4-9-7(6)5-8;1-3-2;;;;;;;;;;;;;;;;;;;;;/h3-5,10H,1-2H3,(H2,9,12);2-4H,1H3;3H,2H2,1H3;21*1H/i;;;20*1+2T;1+2. The first-order valence-electron chi connectivity index (χ1n) is 27.1. The minimum atomic E-state index is 0. The van der Waals surface area contributed by atoms with Crippen LogP contribution < -0.4 is 22.4 Å². The van der Waals surface area contributed by atoms with E-state index in [1.807, 2.05) is 44.2 Å². The van der Waals surface area contributed by atoms with Crippen LogP contribution in [0.4, 0.5) is 0 Å². The van der Waals surface area contributed by atoms with Gasteiger partial charge in [0, 0.05) is 80.3 Å². The van der Waals surface area contributed by atoms with E-state index in [-0.39, 0.29) is 1.43 Å². The highest BCUT2D eigenvalue weighted by atomic mass is 15.3. The summed E-state index contributed by atoms with van der Waals surface area (Å²) in [6.45, 7) is 3.81. The van der Waals surface area contributed by atoms with Crippen molar-refractivity contribution in [1.82, 2.24) is 20.8 Å². The van der Waals surface area contributed by atoms with Crippen LogP contribution in [0.25, 0.3) is 0 Å². The van der Waals surface area contributed by atoms with E-state index in [0.29, 0.717) is 11.5 Å². The molecule has 24 heavy (non-hydrogen) atoms. The second-order valence-electron chi connectivity index (χ2n) is 4.46. The SMILES string of the molecule is CN/N=C(\N)c1ncccc1C.CNN.Cc1cccnc1C#N.[3HH].[3H][3H].[3H][3H].[3H][3H].[3H][3H].[3H][3H].[3H][3H].[3H][3H].[3H][3H].[3H][3H].[3H][3H].[3H][3H].[3H][3H].[3H][3H].[3H][3H].[3H][3H].[3H][3H].[3H][3H].[3H][3H].[3H][3H].[3H][3H]. The van der Waals surface area contributed by atoms with Gasteiger partial charge in [0.05, 0.1) is 0 Å². The van der Waals surface area contributed by atoms with Gasteiger partial charge in [-0.2, -0.15) is 10.4 Å². The van der Waals surface area contributed by atoms with Gasteiger partial charge in [-0.3, -0.25) is 16.3 Å². The summed E-state index contributed by atoms with van der Waals surface area (Å²) in [4.78, 5) is 7.94. The van der Waals surface area contributed by atoms with Crippen LogP contribution >= 0.6 is 0 Å². The maximum absolute atomic E-state index is 8.41. The summed E-state index contributed by atoms with van der Waals surface area (Å²) in [5.41, 5.74) is 13.7. The fourth-order valence-electron chi connectivity index (χ4n) is 1.53. The van der Waals surface area contributed by atoms with Crippen molar-refractivity contribution in [3.8, 4) is 6.07 Å². The smallest absolute Gasteiger partial charge is 0.169 e. The van der Waals surface area contributed by atoms with Crippen LogP contribution in [0.15, 0.2) is 41.8 Å². The second-order valence-corrected chi connectivity index (χ2v) is 4.46. The zero-order chi connectivity index (χ0) is 58.4. The molecule has 2 heterocycles. The van der Waals surface area contributed by atoms with Crippen LogP contribution in [0.3, 0.4) is 0 Å². The van der Waals surface area contributed by atoms with E-state index in [4.69, 9.17) is 70.4 Å². The Morgan fingerprint density at radius 1 is 1.21 bits per heavy atom. The van der Waals surface area contributed by atoms with Crippen molar-refractivity contribution in [3.63, 3.8) is 0 Å². The molecule has 0 saturated carbocycles. The first-order valence-corrected chi connectivity index (χ1v) is 7.12. The maximum atomic E-state index is 8.41. The number of pyridine rings is 2. The summed E-state index contributed by atoms with van der Waals surface area (Å²) in [7, 11) is 3.35. The molecular formula is C16H66N8. The molecule has 170 valence electrons. The van der Waals surface area contributed by atoms with Crippen molar-refractivity contribution in [2.45, 2.75) is 13.8 Å². The van der Waals surface area contributed by atoms with E-state index in [0.717, 1.165) is 16.8 Å². The number of nitrogens with one attached hydrogen (secondary N) is 2. The molecule has 0 aromatic carbocycles. The maximum Gasteiger partial charge on any atom is 0.169 e. The molecule has 2 aromatic rings. The predicted octanol–water partition coefficient (Wildman–Crippen LogP) is 5.74. The van der Waals surface area contributed by atoms with Gasteiger partial charge in [0.25, 0.3) is 0 Å². The number of amidine groups is 1. The Hall–Kier alpha value is -3.02. The number of hydrogen-bond donors (Lipinski definition) is 4. The Labute approximate surface area is 205 Å². The first kappa shape index (κ1) is 5.24. The lowest BCUT2D eigenvalue weighted by Gasteiger charge is -2.01. The number of hydrazine groups is 1. The molecule has 0 spiro atoms. The average molecular weight is 453 g/mol. The van der Waals surface area contributed by atoms with Crippen LogP contribution in [-0.2, 0) is 0 Å². The van der Waals surface area contributed by atoms with Gasteiger partial charge in [-0.25, -0.2) is 4.98 Å². The molecule has 0 atom stereocenters. The predicted molar refractivity (Wildman–Crippen MR) is 140 cm³/mol. The second kappa shape index (κ2) is 12.5. The van der Waals surface area contributed by atoms with E-state index in [9.17, 15) is 0 Å². The summed E-state index contributed by atoms with van der Waals surface area (Å²) < 4.78 is 200. The Balaban J connectivity index is -0.0000000158. The Morgan fingerprint density at radius 2 is 1.75 bits per heavy atom. The lowest BCUT2D eigenvalue weighted by Crippen LogP contribution is -2.19. The van der Waals surface area contributed by atoms with Crippen LogP contribution in [0, 0.1) is 25.2 Å². The zero-order valence-corrected chi connectivity index (χ0v) is 14.4. The monoisotopic (exact) mass is 453 g/mol. The topological polar surface area (TPSA) is 138 Å². The number of nitrogens with zero attached hydrogens (tertiary/aromatic N) is 4. The van der Waals surface area contributed by atoms with E-state index in [1.165, 1.54) is 0 Å². The molecule has 0 unspecified atom stereocenters. The third-order valence-corrected chi connectivity index (χ3v) is 2.60. The van der Waals surface area contributed by atoms with Gasteiger partial charge >= 0.3 is 0 Å². The number of aryl methyl sites for hydroxylation is 2. The minimum Gasteiger partial charge on any atom is -0.380 e. The number of nitriles is 1. The minimum absolute atomic E-state index is 0. The van der Waals surface area contributed by atoms with Crippen LogP contribution in [0.2, 0.25) is 0 Å². The van der Waals surface area contributed by atoms with Gasteiger partial charge in [0.15, 0.2) is 5.84 Å². The molecular weight excluding hydrogens is 304 g/mol. The molecule has 0 bridgehead atoms. The molecule has 0 aliphatic rings. The molecule has 8 nitrogen and oxygen atoms in total. The third kappa shape index (κ3) is 7.84. The van der Waals surface area contributed by atoms with E-state index < -0.39 is 0 Å². The van der Waals surface area contributed by atoms with E-state index in [1.54, 1.807) is 26.5 Å². The molecule has 0 amide bonds. The van der Waals surface area contributed by atoms with Gasteiger partial charge in [-0.05, 0) is 44.2 Å². The van der Waals surface area contributed by atoms with Gasteiger partial charge in [-0.15, -0.1) is 0 Å². The van der Waals surface area contributed by atoms with Crippen molar-refractivity contribution < 1.29 is 60.8 Å². The highest BCUT2D eigenvalue weighted by molar-refractivity contribution is 5.96. The number of aromatic nitrogens is 2. The number of nitrogens with two attached hydrogens (primary N) is 2. The number of rotatable bonds is 2. The quantitative estimate of drug-likeness (QED) is 0.197. The molecule has 8 heteroatoms. The zero-order valence-electron chi connectivity index (χ0n) is 54.4. The molecule has 0 fully saturated rings. The van der Waals surface area contributed by atoms with Crippen molar-refractivity contribution in [1.29, 1.82) is 5.26 Å². The van der Waals surface area contributed by atoms with Crippen LogP contribution in [-0.4, -0.2) is 29.9 Å². The number of hydrazone groups is 1. The molecule has 2 rings (SSSR count). The Morgan fingerprint density at radius 3 is 2.17 bits per heavy atom. The first-order chi connectivity index (χ1) is 31.5.